The van der Waals surface area contributed by atoms with Gasteiger partial charge >= 0.3 is 12.2 Å². The quantitative estimate of drug-likeness (QED) is 0.600. The van der Waals surface area contributed by atoms with Crippen LogP contribution in [0.4, 0.5) is 9.59 Å². The number of ether oxygens (including phenoxy) is 4. The molecule has 0 radical (unpaired) electrons. The molecule has 0 spiro atoms. The van der Waals surface area contributed by atoms with Crippen molar-refractivity contribution < 1.29 is 41.1 Å². The Bertz CT molecular complexity index is 814. The molecule has 11 nitrogen and oxygen atoms in total. The molecule has 186 valence electrons. The van der Waals surface area contributed by atoms with Crippen molar-refractivity contribution in [1.82, 2.24) is 10.2 Å². The van der Waals surface area contributed by atoms with Gasteiger partial charge in [0.1, 0.15) is 29.5 Å². The van der Waals surface area contributed by atoms with Gasteiger partial charge in [0.25, 0.3) is 10.1 Å². The van der Waals surface area contributed by atoms with Crippen molar-refractivity contribution in [3.05, 3.63) is 0 Å². The van der Waals surface area contributed by atoms with E-state index in [1.807, 2.05) is 0 Å². The third-order valence-electron chi connectivity index (χ3n) is 4.47. The van der Waals surface area contributed by atoms with Crippen molar-refractivity contribution in [3.63, 3.8) is 0 Å². The summed E-state index contributed by atoms with van der Waals surface area (Å²) in [6.07, 6.45) is -3.01. The highest BCUT2D eigenvalue weighted by Gasteiger charge is 2.56. The molecule has 0 aliphatic carbocycles. The summed E-state index contributed by atoms with van der Waals surface area (Å²) in [5.41, 5.74) is -1.50. The molecule has 0 unspecified atom stereocenters. The second-order valence-electron chi connectivity index (χ2n) is 10.5. The molecule has 2 aliphatic rings. The van der Waals surface area contributed by atoms with Crippen LogP contribution in [0.15, 0.2) is 0 Å². The van der Waals surface area contributed by atoms with Gasteiger partial charge in [0.2, 0.25) is 0 Å². The van der Waals surface area contributed by atoms with Crippen LogP contribution < -0.4 is 5.32 Å². The second kappa shape index (κ2) is 8.96. The first-order valence-electron chi connectivity index (χ1n) is 10.5. The zero-order valence-electron chi connectivity index (χ0n) is 20.3. The SMILES string of the molecule is CC(C)(C)OC(=O)NC[C@@H]1[C@H]2OC(C)(C)O[C@@H]2[C@H](OS(C)(=O)=O)CN1C(=O)OC(C)(C)C. The van der Waals surface area contributed by atoms with Crippen LogP contribution >= 0.6 is 0 Å². The average Bonchev–Trinajstić information content (AvgIpc) is 2.84. The van der Waals surface area contributed by atoms with E-state index in [1.54, 1.807) is 55.4 Å². The van der Waals surface area contributed by atoms with Crippen LogP contribution in [0.3, 0.4) is 0 Å². The highest BCUT2D eigenvalue weighted by Crippen LogP contribution is 2.38. The Morgan fingerprint density at radius 2 is 1.56 bits per heavy atom. The first-order chi connectivity index (χ1) is 14.3. The minimum Gasteiger partial charge on any atom is -0.444 e. The molecule has 2 saturated heterocycles. The summed E-state index contributed by atoms with van der Waals surface area (Å²) < 4.78 is 51.7. The normalized spacial score (nSPS) is 28.1. The standard InChI is InChI=1S/C20H36N2O9S/c1-18(2,3)29-16(23)21-10-12-14-15(28-20(7,8)27-14)13(31-32(9,25)26)11-22(12)17(24)30-19(4,5)6/h12-15H,10-11H2,1-9H3,(H,21,23)/t12-,13-,14-,15-/m1/s1. The van der Waals surface area contributed by atoms with Crippen LogP contribution in [0.1, 0.15) is 55.4 Å². The van der Waals surface area contributed by atoms with Crippen LogP contribution in [0.2, 0.25) is 0 Å². The molecule has 2 rings (SSSR count). The molecule has 0 aromatic carbocycles. The van der Waals surface area contributed by atoms with Crippen molar-refractivity contribution in [2.24, 2.45) is 0 Å². The maximum absolute atomic E-state index is 13.0. The first-order valence-corrected chi connectivity index (χ1v) is 12.3. The molecular weight excluding hydrogens is 444 g/mol. The molecule has 2 aliphatic heterocycles. The van der Waals surface area contributed by atoms with Gasteiger partial charge in [-0.05, 0) is 55.4 Å². The number of rotatable bonds is 4. The lowest BCUT2D eigenvalue weighted by molar-refractivity contribution is -0.151. The van der Waals surface area contributed by atoms with E-state index in [0.717, 1.165) is 6.26 Å². The number of nitrogens with one attached hydrogen (secondary N) is 1. The van der Waals surface area contributed by atoms with E-state index in [-0.39, 0.29) is 13.1 Å². The molecule has 1 N–H and O–H groups in total. The van der Waals surface area contributed by atoms with Crippen LogP contribution in [-0.4, -0.2) is 86.2 Å². The Morgan fingerprint density at radius 1 is 1.03 bits per heavy atom. The topological polar surface area (TPSA) is 130 Å². The van der Waals surface area contributed by atoms with E-state index >= 15 is 0 Å². The van der Waals surface area contributed by atoms with Gasteiger partial charge in [-0.15, -0.1) is 0 Å². The highest BCUT2D eigenvalue weighted by atomic mass is 32.2. The monoisotopic (exact) mass is 480 g/mol. The third-order valence-corrected chi connectivity index (χ3v) is 5.06. The first kappa shape index (κ1) is 26.6. The predicted octanol–water partition coefficient (Wildman–Crippen LogP) is 2.00. The number of carbonyl (C=O) groups is 2. The molecule has 32 heavy (non-hydrogen) atoms. The van der Waals surface area contributed by atoms with E-state index < -0.39 is 63.6 Å². The van der Waals surface area contributed by atoms with Crippen molar-refractivity contribution in [2.75, 3.05) is 19.3 Å². The molecule has 2 fully saturated rings. The zero-order chi connectivity index (χ0) is 24.7. The minimum atomic E-state index is -3.85. The maximum atomic E-state index is 13.0. The summed E-state index contributed by atoms with van der Waals surface area (Å²) >= 11 is 0. The Kier molecular flexibility index (Phi) is 7.45. The number of alkyl carbamates (subject to hydrolysis) is 1. The van der Waals surface area contributed by atoms with Crippen molar-refractivity contribution in [1.29, 1.82) is 0 Å². The van der Waals surface area contributed by atoms with Crippen molar-refractivity contribution >= 4 is 22.3 Å². The number of likely N-dealkylation sites (tertiary alicyclic amines) is 1. The van der Waals surface area contributed by atoms with Gasteiger partial charge in [0.05, 0.1) is 18.8 Å². The summed E-state index contributed by atoms with van der Waals surface area (Å²) in [7, 11) is -3.85. The van der Waals surface area contributed by atoms with Crippen molar-refractivity contribution in [2.45, 2.75) is 96.7 Å². The summed E-state index contributed by atoms with van der Waals surface area (Å²) in [5.74, 6) is -1.05. The molecule has 0 aromatic heterocycles. The number of hydrogen-bond acceptors (Lipinski definition) is 9. The van der Waals surface area contributed by atoms with E-state index in [2.05, 4.69) is 5.32 Å². The van der Waals surface area contributed by atoms with Crippen LogP contribution in [0.5, 0.6) is 0 Å². The predicted molar refractivity (Wildman–Crippen MR) is 115 cm³/mol. The number of amides is 2. The van der Waals surface area contributed by atoms with Crippen LogP contribution in [0.25, 0.3) is 0 Å². The third kappa shape index (κ3) is 7.75. The lowest BCUT2D eigenvalue weighted by atomic mass is 9.94. The number of piperidine rings is 1. The zero-order valence-corrected chi connectivity index (χ0v) is 21.1. The Hall–Kier alpha value is -1.63. The summed E-state index contributed by atoms with van der Waals surface area (Å²) in [4.78, 5) is 26.6. The lowest BCUT2D eigenvalue weighted by Crippen LogP contribution is -2.65. The van der Waals surface area contributed by atoms with Gasteiger partial charge in [-0.2, -0.15) is 8.42 Å². The van der Waals surface area contributed by atoms with Crippen molar-refractivity contribution in [3.8, 4) is 0 Å². The van der Waals surface area contributed by atoms with E-state index in [0.29, 0.717) is 0 Å². The summed E-state index contributed by atoms with van der Waals surface area (Å²) in [5, 5.41) is 2.65. The maximum Gasteiger partial charge on any atom is 0.410 e. The second-order valence-corrected chi connectivity index (χ2v) is 12.1. The van der Waals surface area contributed by atoms with Gasteiger partial charge in [-0.25, -0.2) is 9.59 Å². The fourth-order valence-electron chi connectivity index (χ4n) is 3.58. The Balaban J connectivity index is 2.34. The van der Waals surface area contributed by atoms with Gasteiger partial charge in [-0.3, -0.25) is 9.08 Å². The molecule has 4 atom stereocenters. The average molecular weight is 481 g/mol. The fraction of sp³-hybridized carbons (Fsp3) is 0.900. The molecule has 0 bridgehead atoms. The number of fused-ring (bicyclic) bond motifs is 1. The van der Waals surface area contributed by atoms with Gasteiger partial charge in [0.15, 0.2) is 5.79 Å². The smallest absolute Gasteiger partial charge is 0.410 e. The molecule has 2 amide bonds. The van der Waals surface area contributed by atoms with Crippen LogP contribution in [-0.2, 0) is 33.2 Å². The van der Waals surface area contributed by atoms with E-state index in [1.165, 1.54) is 4.90 Å². The number of hydrogen-bond donors (Lipinski definition) is 1. The molecule has 0 aromatic rings. The Labute approximate surface area is 190 Å². The largest absolute Gasteiger partial charge is 0.444 e. The summed E-state index contributed by atoms with van der Waals surface area (Å²) in [6.45, 7) is 13.6. The highest BCUT2D eigenvalue weighted by molar-refractivity contribution is 7.86. The number of carbonyl (C=O) groups excluding carboxylic acids is 2. The molecular formula is C20H36N2O9S. The minimum absolute atomic E-state index is 0.0274. The van der Waals surface area contributed by atoms with E-state index in [9.17, 15) is 18.0 Å². The number of nitrogens with zero attached hydrogens (tertiary/aromatic N) is 1. The van der Waals surface area contributed by atoms with Gasteiger partial charge < -0.3 is 24.3 Å². The summed E-state index contributed by atoms with van der Waals surface area (Å²) in [6, 6.07) is -0.719. The van der Waals surface area contributed by atoms with Gasteiger partial charge in [-0.1, -0.05) is 0 Å². The van der Waals surface area contributed by atoms with E-state index in [4.69, 9.17) is 23.1 Å². The molecule has 2 heterocycles. The molecule has 12 heteroatoms. The molecule has 0 saturated carbocycles. The Morgan fingerprint density at radius 3 is 2.06 bits per heavy atom. The van der Waals surface area contributed by atoms with Gasteiger partial charge in [0, 0.05) is 6.54 Å². The fourth-order valence-corrected chi connectivity index (χ4v) is 4.20. The lowest BCUT2D eigenvalue weighted by Gasteiger charge is -2.44. The van der Waals surface area contributed by atoms with Crippen LogP contribution in [0, 0.1) is 0 Å².